The lowest BCUT2D eigenvalue weighted by Gasteiger charge is -2.45. The topological polar surface area (TPSA) is 29.5 Å². The van der Waals surface area contributed by atoms with E-state index in [9.17, 15) is 4.79 Å². The van der Waals surface area contributed by atoms with E-state index in [1.54, 1.807) is 0 Å². The number of carbonyl (C=O) groups is 1. The van der Waals surface area contributed by atoms with Crippen molar-refractivity contribution in [2.45, 2.75) is 85.2 Å². The summed E-state index contributed by atoms with van der Waals surface area (Å²) in [6.45, 7) is 13.1. The van der Waals surface area contributed by atoms with E-state index < -0.39 is 0 Å². The highest BCUT2D eigenvalue weighted by molar-refractivity contribution is 5.81. The molecule has 1 aliphatic carbocycles. The van der Waals surface area contributed by atoms with Gasteiger partial charge in [-0.25, -0.2) is 0 Å². The highest BCUT2D eigenvalue weighted by Gasteiger charge is 2.51. The van der Waals surface area contributed by atoms with Crippen molar-refractivity contribution in [2.75, 3.05) is 13.2 Å². The molecule has 24 heavy (non-hydrogen) atoms. The largest absolute Gasteiger partial charge is 0.381 e. The van der Waals surface area contributed by atoms with Crippen molar-refractivity contribution in [2.24, 2.45) is 29.1 Å². The van der Waals surface area contributed by atoms with Gasteiger partial charge in [0.1, 0.15) is 0 Å². The second-order valence-electron chi connectivity index (χ2n) is 9.54. The summed E-state index contributed by atoms with van der Waals surface area (Å²) < 4.78 is 5.60. The zero-order chi connectivity index (χ0) is 17.5. The van der Waals surface area contributed by atoms with Gasteiger partial charge in [-0.15, -0.1) is 0 Å². The molecule has 3 fully saturated rings. The Morgan fingerprint density at radius 1 is 1.12 bits per heavy atom. The molecular formula is C21H37NO2. The summed E-state index contributed by atoms with van der Waals surface area (Å²) in [5, 5.41) is 0. The Morgan fingerprint density at radius 3 is 2.38 bits per heavy atom. The fraction of sp³-hybridized carbons (Fsp3) is 0.952. The van der Waals surface area contributed by atoms with Crippen LogP contribution in [-0.2, 0) is 9.53 Å². The van der Waals surface area contributed by atoms with Crippen LogP contribution >= 0.6 is 0 Å². The van der Waals surface area contributed by atoms with Crippen LogP contribution in [0, 0.1) is 29.1 Å². The summed E-state index contributed by atoms with van der Waals surface area (Å²) in [6, 6.07) is 0.979. The number of rotatable bonds is 4. The van der Waals surface area contributed by atoms with Gasteiger partial charge in [-0.1, -0.05) is 41.0 Å². The molecule has 0 spiro atoms. The van der Waals surface area contributed by atoms with E-state index in [1.807, 2.05) is 0 Å². The zero-order valence-electron chi connectivity index (χ0n) is 16.4. The molecule has 0 aromatic carbocycles. The van der Waals surface area contributed by atoms with Crippen molar-refractivity contribution < 1.29 is 9.53 Å². The van der Waals surface area contributed by atoms with Gasteiger partial charge in [-0.3, -0.25) is 4.79 Å². The Morgan fingerprint density at radius 2 is 1.79 bits per heavy atom. The minimum absolute atomic E-state index is 0.0989. The summed E-state index contributed by atoms with van der Waals surface area (Å²) in [6.07, 6.45) is 7.14. The van der Waals surface area contributed by atoms with E-state index in [2.05, 4.69) is 39.5 Å². The second-order valence-corrected chi connectivity index (χ2v) is 9.54. The monoisotopic (exact) mass is 335 g/mol. The maximum atomic E-state index is 13.8. The van der Waals surface area contributed by atoms with Crippen LogP contribution in [-0.4, -0.2) is 36.1 Å². The molecular weight excluding hydrogens is 298 g/mol. The van der Waals surface area contributed by atoms with Crippen LogP contribution in [0.2, 0.25) is 0 Å². The Balaban J connectivity index is 1.88. The highest BCUT2D eigenvalue weighted by Crippen LogP contribution is 2.48. The average Bonchev–Trinajstić information content (AvgIpc) is 3.07. The van der Waals surface area contributed by atoms with E-state index >= 15 is 0 Å². The fourth-order valence-corrected chi connectivity index (χ4v) is 5.95. The quantitative estimate of drug-likeness (QED) is 0.757. The van der Waals surface area contributed by atoms with E-state index in [-0.39, 0.29) is 11.3 Å². The van der Waals surface area contributed by atoms with Crippen LogP contribution < -0.4 is 0 Å². The van der Waals surface area contributed by atoms with Crippen LogP contribution in [0.5, 0.6) is 0 Å². The van der Waals surface area contributed by atoms with Crippen molar-refractivity contribution in [3.05, 3.63) is 0 Å². The SMILES string of the molecule is CC(C)C(C(=O)N1C2CCCC2C[C@H]1C(C)C)C1(C)CCOCC1. The smallest absolute Gasteiger partial charge is 0.227 e. The number of carbonyl (C=O) groups excluding carboxylic acids is 1. The normalized spacial score (nSPS) is 34.0. The molecule has 3 heteroatoms. The molecule has 1 amide bonds. The van der Waals surface area contributed by atoms with Gasteiger partial charge < -0.3 is 9.64 Å². The van der Waals surface area contributed by atoms with E-state index in [0.717, 1.165) is 32.0 Å². The molecule has 0 radical (unpaired) electrons. The van der Waals surface area contributed by atoms with E-state index in [0.29, 0.717) is 29.8 Å². The van der Waals surface area contributed by atoms with E-state index in [1.165, 1.54) is 25.7 Å². The first-order valence-electron chi connectivity index (χ1n) is 10.2. The maximum Gasteiger partial charge on any atom is 0.227 e. The van der Waals surface area contributed by atoms with Gasteiger partial charge in [0.05, 0.1) is 0 Å². The molecule has 3 rings (SSSR count). The number of likely N-dealkylation sites (tertiary alicyclic amines) is 1. The molecule has 0 aromatic rings. The maximum absolute atomic E-state index is 13.8. The lowest BCUT2D eigenvalue weighted by atomic mass is 9.66. The number of nitrogens with zero attached hydrogens (tertiary/aromatic N) is 1. The Kier molecular flexibility index (Phi) is 5.30. The van der Waals surface area contributed by atoms with Gasteiger partial charge in [0.25, 0.3) is 0 Å². The molecule has 2 heterocycles. The standard InChI is InChI=1S/C21H37NO2/c1-14(2)18-13-16-7-6-8-17(16)22(18)20(23)19(15(3)4)21(5)9-11-24-12-10-21/h14-19H,6-13H2,1-5H3/t16?,17?,18-,19?/m0/s1. The van der Waals surface area contributed by atoms with Crippen LogP contribution in [0.25, 0.3) is 0 Å². The van der Waals surface area contributed by atoms with Crippen LogP contribution in [0.3, 0.4) is 0 Å². The van der Waals surface area contributed by atoms with Crippen molar-refractivity contribution in [1.29, 1.82) is 0 Å². The third-order valence-electron chi connectivity index (χ3n) is 7.22. The summed E-state index contributed by atoms with van der Waals surface area (Å²) in [5.74, 6) is 2.32. The lowest BCUT2D eigenvalue weighted by Crippen LogP contribution is -2.52. The molecule has 1 saturated carbocycles. The first kappa shape index (κ1) is 18.2. The molecule has 2 saturated heterocycles. The Hall–Kier alpha value is -0.570. The second kappa shape index (κ2) is 6.97. The van der Waals surface area contributed by atoms with Gasteiger partial charge in [-0.05, 0) is 55.3 Å². The molecule has 4 atom stereocenters. The average molecular weight is 336 g/mol. The minimum Gasteiger partial charge on any atom is -0.381 e. The molecule has 0 bridgehead atoms. The molecule has 3 unspecified atom stereocenters. The number of fused-ring (bicyclic) bond motifs is 1. The summed E-state index contributed by atoms with van der Waals surface area (Å²) in [5.41, 5.74) is 0.0989. The van der Waals surface area contributed by atoms with Crippen molar-refractivity contribution in [3.8, 4) is 0 Å². The summed E-state index contributed by atoms with van der Waals surface area (Å²) in [4.78, 5) is 16.2. The molecule has 138 valence electrons. The minimum atomic E-state index is 0.0989. The third kappa shape index (κ3) is 3.13. The van der Waals surface area contributed by atoms with Gasteiger partial charge >= 0.3 is 0 Å². The molecule has 3 nitrogen and oxygen atoms in total. The van der Waals surface area contributed by atoms with Gasteiger partial charge in [0, 0.05) is 31.2 Å². The molecule has 0 N–H and O–H groups in total. The van der Waals surface area contributed by atoms with Gasteiger partial charge in [0.15, 0.2) is 0 Å². The summed E-state index contributed by atoms with van der Waals surface area (Å²) >= 11 is 0. The lowest BCUT2D eigenvalue weighted by molar-refractivity contribution is -0.149. The van der Waals surface area contributed by atoms with E-state index in [4.69, 9.17) is 4.74 Å². The van der Waals surface area contributed by atoms with Gasteiger partial charge in [0.2, 0.25) is 5.91 Å². The van der Waals surface area contributed by atoms with Gasteiger partial charge in [-0.2, -0.15) is 0 Å². The number of amides is 1. The number of hydrogen-bond donors (Lipinski definition) is 0. The molecule has 3 aliphatic rings. The number of hydrogen-bond acceptors (Lipinski definition) is 2. The fourth-order valence-electron chi connectivity index (χ4n) is 5.95. The Labute approximate surface area is 148 Å². The Bertz CT molecular complexity index is 453. The first-order valence-corrected chi connectivity index (χ1v) is 10.2. The zero-order valence-corrected chi connectivity index (χ0v) is 16.4. The van der Waals surface area contributed by atoms with Crippen LogP contribution in [0.1, 0.15) is 73.1 Å². The van der Waals surface area contributed by atoms with Crippen molar-refractivity contribution in [3.63, 3.8) is 0 Å². The third-order valence-corrected chi connectivity index (χ3v) is 7.22. The van der Waals surface area contributed by atoms with Crippen LogP contribution in [0.4, 0.5) is 0 Å². The predicted molar refractivity (Wildman–Crippen MR) is 97.7 cm³/mol. The van der Waals surface area contributed by atoms with Crippen molar-refractivity contribution >= 4 is 5.91 Å². The first-order chi connectivity index (χ1) is 11.3. The number of ether oxygens (including phenoxy) is 1. The van der Waals surface area contributed by atoms with Crippen molar-refractivity contribution in [1.82, 2.24) is 4.90 Å². The predicted octanol–water partition coefficient (Wildman–Crippen LogP) is 4.50. The molecule has 2 aliphatic heterocycles. The summed E-state index contributed by atoms with van der Waals surface area (Å²) in [7, 11) is 0. The van der Waals surface area contributed by atoms with Crippen LogP contribution in [0.15, 0.2) is 0 Å². The highest BCUT2D eigenvalue weighted by atomic mass is 16.5. The molecule has 0 aromatic heterocycles.